The topological polar surface area (TPSA) is 134 Å². The Labute approximate surface area is 201 Å². The van der Waals surface area contributed by atoms with Gasteiger partial charge in [0.05, 0.1) is 4.92 Å². The number of rotatable bonds is 8. The van der Waals surface area contributed by atoms with Crippen LogP contribution in [0.5, 0.6) is 5.75 Å². The predicted octanol–water partition coefficient (Wildman–Crippen LogP) is 4.77. The van der Waals surface area contributed by atoms with Gasteiger partial charge in [-0.3, -0.25) is 19.7 Å². The molecule has 0 aromatic heterocycles. The molecule has 0 bridgehead atoms. The highest BCUT2D eigenvalue weighted by Crippen LogP contribution is 2.20. The molecular formula is C26H22N4O5. The minimum Gasteiger partial charge on any atom is -0.484 e. The number of aryl methyl sites for hydroxylation is 1. The van der Waals surface area contributed by atoms with Crippen molar-refractivity contribution in [1.29, 1.82) is 5.26 Å². The number of nitrogens with zero attached hydrogens (tertiary/aromatic N) is 2. The number of non-ortho nitro benzene ring substituents is 1. The van der Waals surface area contributed by atoms with E-state index >= 15 is 0 Å². The molecule has 0 radical (unpaired) electrons. The van der Waals surface area contributed by atoms with Crippen molar-refractivity contribution in [3.8, 4) is 11.8 Å². The fraction of sp³-hybridized carbons (Fsp3) is 0.115. The number of nitrogens with one attached hydrogen (secondary N) is 2. The van der Waals surface area contributed by atoms with E-state index in [1.54, 1.807) is 24.3 Å². The third-order valence-corrected chi connectivity index (χ3v) is 5.12. The zero-order valence-corrected chi connectivity index (χ0v) is 19.1. The van der Waals surface area contributed by atoms with Gasteiger partial charge in [0, 0.05) is 23.5 Å². The van der Waals surface area contributed by atoms with Crippen molar-refractivity contribution in [2.24, 2.45) is 0 Å². The molecule has 0 heterocycles. The molecule has 2 N–H and O–H groups in total. The minimum absolute atomic E-state index is 0.177. The van der Waals surface area contributed by atoms with E-state index in [2.05, 4.69) is 10.6 Å². The van der Waals surface area contributed by atoms with Gasteiger partial charge in [-0.2, -0.15) is 5.26 Å². The molecule has 0 aliphatic rings. The average molecular weight is 470 g/mol. The van der Waals surface area contributed by atoms with Crippen LogP contribution in [-0.4, -0.2) is 23.3 Å². The molecule has 0 fully saturated rings. The van der Waals surface area contributed by atoms with Gasteiger partial charge >= 0.3 is 0 Å². The van der Waals surface area contributed by atoms with Crippen LogP contribution in [0, 0.1) is 35.3 Å². The lowest BCUT2D eigenvalue weighted by molar-refractivity contribution is -0.384. The Bertz CT molecular complexity index is 1340. The molecule has 9 nitrogen and oxygen atoms in total. The lowest BCUT2D eigenvalue weighted by Crippen LogP contribution is -2.20. The molecule has 0 aliphatic carbocycles. The first-order valence-corrected chi connectivity index (χ1v) is 10.5. The Morgan fingerprint density at radius 1 is 1.06 bits per heavy atom. The SMILES string of the molecule is Cc1cccc(NC(=O)COc2ccc(/C=C(/C#N)C(=O)Nc3cccc([N+](=O)[O-])c3)cc2)c1C. The van der Waals surface area contributed by atoms with Gasteiger partial charge in [0.25, 0.3) is 17.5 Å². The van der Waals surface area contributed by atoms with E-state index in [1.807, 2.05) is 38.1 Å². The van der Waals surface area contributed by atoms with Crippen LogP contribution in [0.25, 0.3) is 6.08 Å². The predicted molar refractivity (Wildman–Crippen MR) is 132 cm³/mol. The largest absolute Gasteiger partial charge is 0.484 e. The number of benzene rings is 3. The highest BCUT2D eigenvalue weighted by Gasteiger charge is 2.12. The maximum absolute atomic E-state index is 12.4. The molecule has 3 rings (SSSR count). The van der Waals surface area contributed by atoms with Crippen LogP contribution in [0.3, 0.4) is 0 Å². The number of nitro groups is 1. The zero-order chi connectivity index (χ0) is 25.4. The monoisotopic (exact) mass is 470 g/mol. The van der Waals surface area contributed by atoms with Crippen LogP contribution in [-0.2, 0) is 9.59 Å². The van der Waals surface area contributed by atoms with Crippen LogP contribution in [0.1, 0.15) is 16.7 Å². The van der Waals surface area contributed by atoms with Crippen LogP contribution in [0.15, 0.2) is 72.3 Å². The molecule has 0 saturated carbocycles. The second-order valence-corrected chi connectivity index (χ2v) is 7.58. The van der Waals surface area contributed by atoms with Crippen molar-refractivity contribution < 1.29 is 19.2 Å². The third kappa shape index (κ3) is 6.76. The summed E-state index contributed by atoms with van der Waals surface area (Å²) in [6, 6.07) is 19.4. The van der Waals surface area contributed by atoms with E-state index in [1.165, 1.54) is 30.3 Å². The van der Waals surface area contributed by atoms with Gasteiger partial charge in [0.2, 0.25) is 0 Å². The average Bonchev–Trinajstić information content (AvgIpc) is 2.85. The Morgan fingerprint density at radius 3 is 2.46 bits per heavy atom. The summed E-state index contributed by atoms with van der Waals surface area (Å²) in [4.78, 5) is 35.0. The summed E-state index contributed by atoms with van der Waals surface area (Å²) in [5.74, 6) is -0.554. The third-order valence-electron chi connectivity index (χ3n) is 5.12. The summed E-state index contributed by atoms with van der Waals surface area (Å²) in [5.41, 5.74) is 3.19. The number of carbonyl (C=O) groups excluding carboxylic acids is 2. The van der Waals surface area contributed by atoms with Gasteiger partial charge in [-0.1, -0.05) is 30.3 Å². The molecule has 176 valence electrons. The number of nitriles is 1. The smallest absolute Gasteiger partial charge is 0.271 e. The molecule has 3 aromatic rings. The van der Waals surface area contributed by atoms with Gasteiger partial charge in [-0.15, -0.1) is 0 Å². The number of ether oxygens (including phenoxy) is 1. The molecule has 2 amide bonds. The maximum Gasteiger partial charge on any atom is 0.271 e. The normalized spacial score (nSPS) is 10.7. The molecule has 0 atom stereocenters. The first-order chi connectivity index (χ1) is 16.8. The van der Waals surface area contributed by atoms with Crippen molar-refractivity contribution >= 4 is 35.0 Å². The summed E-state index contributed by atoms with van der Waals surface area (Å²) in [7, 11) is 0. The number of nitro benzene ring substituents is 1. The highest BCUT2D eigenvalue weighted by molar-refractivity contribution is 6.09. The van der Waals surface area contributed by atoms with E-state index in [9.17, 15) is 25.0 Å². The fourth-order valence-corrected chi connectivity index (χ4v) is 3.09. The molecule has 35 heavy (non-hydrogen) atoms. The van der Waals surface area contributed by atoms with Crippen molar-refractivity contribution in [3.05, 3.63) is 99.1 Å². The minimum atomic E-state index is -0.698. The van der Waals surface area contributed by atoms with Gasteiger partial charge in [-0.05, 0) is 60.9 Å². The van der Waals surface area contributed by atoms with Crippen LogP contribution >= 0.6 is 0 Å². The summed E-state index contributed by atoms with van der Waals surface area (Å²) in [5, 5.41) is 25.6. The molecule has 0 aliphatic heterocycles. The molecule has 0 saturated heterocycles. The second-order valence-electron chi connectivity index (χ2n) is 7.58. The summed E-state index contributed by atoms with van der Waals surface area (Å²) >= 11 is 0. The summed E-state index contributed by atoms with van der Waals surface area (Å²) in [6.07, 6.45) is 1.38. The van der Waals surface area contributed by atoms with E-state index in [0.29, 0.717) is 11.3 Å². The maximum atomic E-state index is 12.4. The number of carbonyl (C=O) groups is 2. The van der Waals surface area contributed by atoms with Crippen molar-refractivity contribution in [3.63, 3.8) is 0 Å². The zero-order valence-electron chi connectivity index (χ0n) is 19.1. The first kappa shape index (κ1) is 24.7. The van der Waals surface area contributed by atoms with Crippen LogP contribution in [0.2, 0.25) is 0 Å². The Morgan fingerprint density at radius 2 is 1.77 bits per heavy atom. The van der Waals surface area contributed by atoms with E-state index in [4.69, 9.17) is 4.74 Å². The molecular weight excluding hydrogens is 448 g/mol. The lowest BCUT2D eigenvalue weighted by Gasteiger charge is -2.11. The van der Waals surface area contributed by atoms with Gasteiger partial charge in [0.1, 0.15) is 17.4 Å². The Balaban J connectivity index is 1.60. The molecule has 0 spiro atoms. The number of hydrogen-bond acceptors (Lipinski definition) is 6. The van der Waals surface area contributed by atoms with Crippen molar-refractivity contribution in [2.75, 3.05) is 17.2 Å². The number of anilines is 2. The van der Waals surface area contributed by atoms with Gasteiger partial charge in [-0.25, -0.2) is 0 Å². The standard InChI is InChI=1S/C26H22N4O5/c1-17-5-3-8-24(18(17)2)29-25(31)16-35-23-11-9-19(10-12-23)13-20(15-27)26(32)28-21-6-4-7-22(14-21)30(33)34/h3-14H,16H2,1-2H3,(H,28,32)(H,29,31)/b20-13-. The molecule has 3 aromatic carbocycles. The van der Waals surface area contributed by atoms with E-state index in [-0.39, 0.29) is 29.5 Å². The molecule has 0 unspecified atom stereocenters. The van der Waals surface area contributed by atoms with Crippen LogP contribution < -0.4 is 15.4 Å². The van der Waals surface area contributed by atoms with Gasteiger partial charge in [0.15, 0.2) is 6.61 Å². The van der Waals surface area contributed by atoms with Crippen LogP contribution in [0.4, 0.5) is 17.1 Å². The highest BCUT2D eigenvalue weighted by atomic mass is 16.6. The second kappa shape index (κ2) is 11.2. The van der Waals surface area contributed by atoms with Crippen molar-refractivity contribution in [2.45, 2.75) is 13.8 Å². The summed E-state index contributed by atoms with van der Waals surface area (Å²) in [6.45, 7) is 3.71. The lowest BCUT2D eigenvalue weighted by atomic mass is 10.1. The Kier molecular flexibility index (Phi) is 7.93. The van der Waals surface area contributed by atoms with E-state index < -0.39 is 10.8 Å². The Hall–Kier alpha value is -4.97. The number of hydrogen-bond donors (Lipinski definition) is 2. The first-order valence-electron chi connectivity index (χ1n) is 10.5. The quantitative estimate of drug-likeness (QED) is 0.211. The summed E-state index contributed by atoms with van der Waals surface area (Å²) < 4.78 is 5.52. The van der Waals surface area contributed by atoms with Gasteiger partial charge < -0.3 is 15.4 Å². The molecule has 9 heteroatoms. The number of amides is 2. The van der Waals surface area contributed by atoms with Crippen molar-refractivity contribution in [1.82, 2.24) is 0 Å². The fourth-order valence-electron chi connectivity index (χ4n) is 3.09. The van der Waals surface area contributed by atoms with E-state index in [0.717, 1.165) is 16.8 Å².